The number of ether oxygens (including phenoxy) is 1. The van der Waals surface area contributed by atoms with Crippen LogP contribution in [0.2, 0.25) is 0 Å². The Labute approximate surface area is 200 Å². The van der Waals surface area contributed by atoms with Crippen molar-refractivity contribution in [2.75, 3.05) is 39.5 Å². The molecule has 0 radical (unpaired) electrons. The standard InChI is InChI=1S/C26H36N4O2S/c1-29(2)16-22-24(31-17-19-3-4-19)9-7-21-23(28-32-26(21)22)8-5-18-11-13-30(14-12-18)15-20-6-10-25(27)33-20/h6-7,9-10,18-19H,3-5,8,11-17,27H2,1-2H3. The van der Waals surface area contributed by atoms with Gasteiger partial charge in [-0.05, 0) is 102 Å². The second-order valence-corrected chi connectivity index (χ2v) is 11.3. The average Bonchev–Trinajstić information content (AvgIpc) is 3.40. The van der Waals surface area contributed by atoms with Gasteiger partial charge in [0, 0.05) is 23.4 Å². The summed E-state index contributed by atoms with van der Waals surface area (Å²) in [5.41, 5.74) is 9.00. The Bertz CT molecular complexity index is 1060. The summed E-state index contributed by atoms with van der Waals surface area (Å²) >= 11 is 1.71. The predicted molar refractivity (Wildman–Crippen MR) is 135 cm³/mol. The second kappa shape index (κ2) is 10.0. The number of rotatable bonds is 10. The number of piperidine rings is 1. The minimum absolute atomic E-state index is 0.730. The molecule has 1 aliphatic heterocycles. The maximum atomic E-state index is 6.16. The molecule has 1 saturated carbocycles. The van der Waals surface area contributed by atoms with E-state index in [4.69, 9.17) is 15.0 Å². The van der Waals surface area contributed by atoms with Gasteiger partial charge in [-0.1, -0.05) is 5.16 Å². The fourth-order valence-electron chi connectivity index (χ4n) is 4.84. The number of benzene rings is 1. The van der Waals surface area contributed by atoms with Crippen molar-refractivity contribution in [3.63, 3.8) is 0 Å². The van der Waals surface area contributed by atoms with E-state index in [-0.39, 0.29) is 0 Å². The normalized spacial score (nSPS) is 17.9. The molecule has 6 nitrogen and oxygen atoms in total. The molecule has 3 heterocycles. The Hall–Kier alpha value is -2.09. The van der Waals surface area contributed by atoms with E-state index in [0.29, 0.717) is 0 Å². The molecular weight excluding hydrogens is 432 g/mol. The third kappa shape index (κ3) is 5.70. The van der Waals surface area contributed by atoms with Crippen LogP contribution in [-0.2, 0) is 19.5 Å². The van der Waals surface area contributed by atoms with Gasteiger partial charge in [0.2, 0.25) is 0 Å². The molecule has 2 fully saturated rings. The Morgan fingerprint density at radius 3 is 2.64 bits per heavy atom. The summed E-state index contributed by atoms with van der Waals surface area (Å²) in [6.45, 7) is 4.96. The van der Waals surface area contributed by atoms with Gasteiger partial charge in [-0.3, -0.25) is 4.90 Å². The van der Waals surface area contributed by atoms with E-state index in [0.717, 1.165) is 84.0 Å². The van der Waals surface area contributed by atoms with Gasteiger partial charge in [0.25, 0.3) is 0 Å². The lowest BCUT2D eigenvalue weighted by Crippen LogP contribution is -2.33. The summed E-state index contributed by atoms with van der Waals surface area (Å²) < 4.78 is 12.1. The highest BCUT2D eigenvalue weighted by Crippen LogP contribution is 2.35. The van der Waals surface area contributed by atoms with Crippen LogP contribution in [0, 0.1) is 11.8 Å². The van der Waals surface area contributed by atoms with Gasteiger partial charge in [0.15, 0.2) is 5.58 Å². The van der Waals surface area contributed by atoms with E-state index in [9.17, 15) is 0 Å². The Morgan fingerprint density at radius 1 is 1.12 bits per heavy atom. The number of fused-ring (bicyclic) bond motifs is 1. The van der Waals surface area contributed by atoms with E-state index in [2.05, 4.69) is 47.3 Å². The molecule has 0 atom stereocenters. The van der Waals surface area contributed by atoms with Crippen LogP contribution in [0.4, 0.5) is 5.00 Å². The third-order valence-electron chi connectivity index (χ3n) is 6.98. The first kappa shape index (κ1) is 22.7. The zero-order valence-corrected chi connectivity index (χ0v) is 20.7. The van der Waals surface area contributed by atoms with Crippen molar-refractivity contribution in [3.05, 3.63) is 40.4 Å². The molecule has 5 rings (SSSR count). The summed E-state index contributed by atoms with van der Waals surface area (Å²) in [5, 5.41) is 6.56. The van der Waals surface area contributed by atoms with E-state index in [1.54, 1.807) is 11.3 Å². The topological polar surface area (TPSA) is 67.8 Å². The van der Waals surface area contributed by atoms with Gasteiger partial charge in [-0.25, -0.2) is 0 Å². The van der Waals surface area contributed by atoms with Crippen LogP contribution in [0.25, 0.3) is 11.0 Å². The first-order chi connectivity index (χ1) is 16.0. The molecule has 7 heteroatoms. The van der Waals surface area contributed by atoms with E-state index >= 15 is 0 Å². The summed E-state index contributed by atoms with van der Waals surface area (Å²) in [6.07, 6.45) is 7.23. The smallest absolute Gasteiger partial charge is 0.175 e. The molecule has 1 aliphatic carbocycles. The molecule has 0 spiro atoms. The van der Waals surface area contributed by atoms with Crippen molar-refractivity contribution in [1.82, 2.24) is 15.0 Å². The number of aromatic nitrogens is 1. The second-order valence-electron chi connectivity index (χ2n) is 10.1. The molecule has 2 N–H and O–H groups in total. The van der Waals surface area contributed by atoms with Crippen LogP contribution in [0.1, 0.15) is 48.2 Å². The van der Waals surface area contributed by atoms with Gasteiger partial charge in [-0.15, -0.1) is 11.3 Å². The number of nitrogens with zero attached hydrogens (tertiary/aromatic N) is 3. The summed E-state index contributed by atoms with van der Waals surface area (Å²) in [4.78, 5) is 6.09. The zero-order chi connectivity index (χ0) is 22.8. The van der Waals surface area contributed by atoms with E-state index in [1.807, 2.05) is 6.07 Å². The molecule has 0 bridgehead atoms. The number of nitrogen functional groups attached to an aromatic ring is 1. The fourth-order valence-corrected chi connectivity index (χ4v) is 5.66. The number of hydrogen-bond acceptors (Lipinski definition) is 7. The quantitative estimate of drug-likeness (QED) is 0.443. The maximum Gasteiger partial charge on any atom is 0.175 e. The molecule has 0 amide bonds. The van der Waals surface area contributed by atoms with Crippen LogP contribution in [-0.4, -0.2) is 48.7 Å². The van der Waals surface area contributed by atoms with E-state index in [1.165, 1.54) is 37.0 Å². The Morgan fingerprint density at radius 2 is 1.94 bits per heavy atom. The molecule has 1 saturated heterocycles. The minimum Gasteiger partial charge on any atom is -0.493 e. The highest BCUT2D eigenvalue weighted by atomic mass is 32.1. The van der Waals surface area contributed by atoms with Crippen molar-refractivity contribution < 1.29 is 9.26 Å². The lowest BCUT2D eigenvalue weighted by Gasteiger charge is -2.31. The zero-order valence-electron chi connectivity index (χ0n) is 19.9. The molecule has 178 valence electrons. The lowest BCUT2D eigenvalue weighted by molar-refractivity contribution is 0.173. The SMILES string of the molecule is CN(C)Cc1c(OCC2CC2)ccc2c(CCC3CCN(Cc4ccc(N)s4)CC3)noc12. The molecule has 3 aromatic rings. The van der Waals surface area contributed by atoms with Crippen LogP contribution in [0.15, 0.2) is 28.8 Å². The van der Waals surface area contributed by atoms with Crippen molar-refractivity contribution in [2.24, 2.45) is 11.8 Å². The number of anilines is 1. The summed E-state index contributed by atoms with van der Waals surface area (Å²) in [5.74, 6) is 2.43. The first-order valence-corrected chi connectivity index (χ1v) is 13.1. The predicted octanol–water partition coefficient (Wildman–Crippen LogP) is 5.17. The summed E-state index contributed by atoms with van der Waals surface area (Å²) in [6, 6.07) is 8.45. The molecule has 1 aromatic carbocycles. The largest absolute Gasteiger partial charge is 0.493 e. The molecule has 2 aliphatic rings. The van der Waals surface area contributed by atoms with Crippen LogP contribution in [0.5, 0.6) is 5.75 Å². The molecular formula is C26H36N4O2S. The van der Waals surface area contributed by atoms with Gasteiger partial charge in [0.05, 0.1) is 22.9 Å². The fraction of sp³-hybridized carbons (Fsp3) is 0.577. The molecule has 33 heavy (non-hydrogen) atoms. The third-order valence-corrected chi connectivity index (χ3v) is 7.88. The van der Waals surface area contributed by atoms with Gasteiger partial charge < -0.3 is 19.9 Å². The number of hydrogen-bond donors (Lipinski definition) is 1. The molecule has 2 aromatic heterocycles. The number of nitrogens with two attached hydrogens (primary N) is 1. The van der Waals surface area contributed by atoms with Gasteiger partial charge in [0.1, 0.15) is 5.75 Å². The lowest BCUT2D eigenvalue weighted by atomic mass is 9.91. The highest BCUT2D eigenvalue weighted by Gasteiger charge is 2.24. The van der Waals surface area contributed by atoms with Crippen molar-refractivity contribution in [1.29, 1.82) is 0 Å². The number of aryl methyl sites for hydroxylation is 1. The van der Waals surface area contributed by atoms with Crippen LogP contribution < -0.4 is 10.5 Å². The van der Waals surface area contributed by atoms with Crippen molar-refractivity contribution in [2.45, 2.75) is 51.6 Å². The Balaban J connectivity index is 1.19. The van der Waals surface area contributed by atoms with Gasteiger partial charge in [-0.2, -0.15) is 0 Å². The Kier molecular flexibility index (Phi) is 6.90. The average molecular weight is 469 g/mol. The van der Waals surface area contributed by atoms with Crippen LogP contribution >= 0.6 is 11.3 Å². The van der Waals surface area contributed by atoms with Gasteiger partial charge >= 0.3 is 0 Å². The number of likely N-dealkylation sites (tertiary alicyclic amines) is 1. The minimum atomic E-state index is 0.730. The van der Waals surface area contributed by atoms with E-state index < -0.39 is 0 Å². The van der Waals surface area contributed by atoms with Crippen LogP contribution in [0.3, 0.4) is 0 Å². The monoisotopic (exact) mass is 468 g/mol. The summed E-state index contributed by atoms with van der Waals surface area (Å²) in [7, 11) is 4.17. The highest BCUT2D eigenvalue weighted by molar-refractivity contribution is 7.15. The first-order valence-electron chi connectivity index (χ1n) is 12.3. The molecule has 0 unspecified atom stereocenters. The van der Waals surface area contributed by atoms with Crippen molar-refractivity contribution >= 4 is 27.3 Å². The maximum absolute atomic E-state index is 6.16. The van der Waals surface area contributed by atoms with Crippen molar-refractivity contribution in [3.8, 4) is 5.75 Å². The number of thiophene rings is 1.